The molecule has 3 fully saturated rings. The number of rotatable bonds is 6. The number of carbonyl (C=O) groups is 1. The molecular formula is C27H37N9O. The van der Waals surface area contributed by atoms with Crippen LogP contribution in [-0.2, 0) is 19.1 Å². The fraction of sp³-hybridized carbons (Fsp3) is 0.593. The Labute approximate surface area is 218 Å². The van der Waals surface area contributed by atoms with E-state index in [1.54, 1.807) is 10.8 Å². The van der Waals surface area contributed by atoms with E-state index in [0.717, 1.165) is 57.3 Å². The van der Waals surface area contributed by atoms with Gasteiger partial charge in [0.1, 0.15) is 0 Å². The number of hydrogen-bond donors (Lipinski definition) is 0. The quantitative estimate of drug-likeness (QED) is 0.509. The van der Waals surface area contributed by atoms with Crippen molar-refractivity contribution < 1.29 is 4.79 Å². The second-order valence-electron chi connectivity index (χ2n) is 10.8. The predicted molar refractivity (Wildman–Crippen MR) is 139 cm³/mol. The van der Waals surface area contributed by atoms with Gasteiger partial charge in [0.15, 0.2) is 11.6 Å². The van der Waals surface area contributed by atoms with Gasteiger partial charge in [-0.15, -0.1) is 5.10 Å². The summed E-state index contributed by atoms with van der Waals surface area (Å²) in [6.07, 6.45) is 10.3. The Morgan fingerprint density at radius 1 is 1.00 bits per heavy atom. The molecule has 0 N–H and O–H groups in total. The molecule has 3 aromatic rings. The van der Waals surface area contributed by atoms with Crippen LogP contribution in [0.5, 0.6) is 0 Å². The molecule has 10 nitrogen and oxygen atoms in total. The van der Waals surface area contributed by atoms with Crippen LogP contribution in [0.3, 0.4) is 0 Å². The maximum absolute atomic E-state index is 13.3. The van der Waals surface area contributed by atoms with Crippen molar-refractivity contribution in [2.45, 2.75) is 56.7 Å². The molecule has 10 heteroatoms. The normalized spacial score (nSPS) is 21.5. The fourth-order valence-corrected chi connectivity index (χ4v) is 6.36. The van der Waals surface area contributed by atoms with Gasteiger partial charge in [-0.2, -0.15) is 0 Å². The Kier molecular flexibility index (Phi) is 6.77. The highest BCUT2D eigenvalue weighted by atomic mass is 16.2. The zero-order chi connectivity index (χ0) is 25.2. The minimum Gasteiger partial charge on any atom is -0.336 e. The Morgan fingerprint density at radius 2 is 1.81 bits per heavy atom. The van der Waals surface area contributed by atoms with Crippen LogP contribution in [0.25, 0.3) is 0 Å². The van der Waals surface area contributed by atoms with E-state index >= 15 is 0 Å². The van der Waals surface area contributed by atoms with E-state index in [-0.39, 0.29) is 11.4 Å². The number of nitrogens with zero attached hydrogens (tertiary/aromatic N) is 9. The number of carbonyl (C=O) groups excluding carboxylic acids is 1. The van der Waals surface area contributed by atoms with Crippen molar-refractivity contribution in [3.8, 4) is 0 Å². The largest absolute Gasteiger partial charge is 0.336 e. The number of aryl methyl sites for hydroxylation is 1. The number of hydrogen-bond acceptors (Lipinski definition) is 7. The maximum atomic E-state index is 13.3. The van der Waals surface area contributed by atoms with E-state index in [1.807, 2.05) is 28.9 Å². The van der Waals surface area contributed by atoms with Gasteiger partial charge in [-0.3, -0.25) is 14.6 Å². The maximum Gasteiger partial charge on any atom is 0.289 e. The number of benzene rings is 1. The first-order chi connectivity index (χ1) is 18.1. The van der Waals surface area contributed by atoms with Crippen LogP contribution in [0, 0.1) is 0 Å². The van der Waals surface area contributed by atoms with E-state index in [0.29, 0.717) is 25.5 Å². The van der Waals surface area contributed by atoms with Crippen LogP contribution < -0.4 is 0 Å². The van der Waals surface area contributed by atoms with Gasteiger partial charge in [-0.1, -0.05) is 36.8 Å². The Balaban J connectivity index is 1.27. The van der Waals surface area contributed by atoms with Crippen molar-refractivity contribution in [1.82, 2.24) is 44.5 Å². The van der Waals surface area contributed by atoms with Crippen LogP contribution in [0.4, 0.5) is 0 Å². The van der Waals surface area contributed by atoms with Crippen molar-refractivity contribution >= 4 is 5.91 Å². The summed E-state index contributed by atoms with van der Waals surface area (Å²) in [5.41, 5.74) is 0.882. The van der Waals surface area contributed by atoms with Gasteiger partial charge in [-0.25, -0.2) is 9.67 Å². The molecule has 6 rings (SSSR count). The molecule has 0 atom stereocenters. The molecule has 196 valence electrons. The lowest BCUT2D eigenvalue weighted by Crippen LogP contribution is -2.56. The predicted octanol–water partition coefficient (Wildman–Crippen LogP) is 2.15. The molecule has 0 unspecified atom stereocenters. The molecule has 0 spiro atoms. The molecule has 2 aromatic heterocycles. The molecule has 1 amide bonds. The third kappa shape index (κ3) is 4.68. The minimum absolute atomic E-state index is 0.00278. The van der Waals surface area contributed by atoms with Crippen molar-refractivity contribution in [2.24, 2.45) is 7.05 Å². The molecule has 0 bridgehead atoms. The summed E-state index contributed by atoms with van der Waals surface area (Å²) in [4.78, 5) is 24.8. The molecule has 37 heavy (non-hydrogen) atoms. The molecule has 4 heterocycles. The molecule has 0 radical (unpaired) electrons. The van der Waals surface area contributed by atoms with Crippen molar-refractivity contribution in [2.75, 3.05) is 39.3 Å². The average molecular weight is 504 g/mol. The van der Waals surface area contributed by atoms with Crippen LogP contribution in [0.2, 0.25) is 0 Å². The summed E-state index contributed by atoms with van der Waals surface area (Å²) >= 11 is 0. The summed E-state index contributed by atoms with van der Waals surface area (Å²) < 4.78 is 3.79. The molecular weight excluding hydrogens is 466 g/mol. The number of amides is 1. The lowest BCUT2D eigenvalue weighted by Gasteiger charge is -2.47. The van der Waals surface area contributed by atoms with Gasteiger partial charge in [0.05, 0.1) is 12.1 Å². The van der Waals surface area contributed by atoms with Gasteiger partial charge in [0.25, 0.3) is 5.91 Å². The summed E-state index contributed by atoms with van der Waals surface area (Å²) in [6, 6.07) is 11.1. The lowest BCUT2D eigenvalue weighted by atomic mass is 9.84. The first-order valence-electron chi connectivity index (χ1n) is 13.7. The van der Waals surface area contributed by atoms with E-state index in [2.05, 4.69) is 54.6 Å². The summed E-state index contributed by atoms with van der Waals surface area (Å²) in [6.45, 7) is 6.23. The van der Waals surface area contributed by atoms with Gasteiger partial charge < -0.3 is 9.47 Å². The number of tetrazole rings is 1. The zero-order valence-corrected chi connectivity index (χ0v) is 21.7. The van der Waals surface area contributed by atoms with Gasteiger partial charge in [-0.05, 0) is 54.6 Å². The smallest absolute Gasteiger partial charge is 0.289 e. The highest BCUT2D eigenvalue weighted by Gasteiger charge is 2.47. The van der Waals surface area contributed by atoms with E-state index < -0.39 is 0 Å². The number of aromatic nitrogens is 6. The van der Waals surface area contributed by atoms with Crippen molar-refractivity contribution in [3.05, 3.63) is 59.9 Å². The van der Waals surface area contributed by atoms with Crippen LogP contribution in [0.15, 0.2) is 42.7 Å². The third-order valence-corrected chi connectivity index (χ3v) is 8.74. The Hall–Kier alpha value is -3.11. The third-order valence-electron chi connectivity index (χ3n) is 8.74. The number of imidazole rings is 1. The van der Waals surface area contributed by atoms with E-state index in [1.165, 1.54) is 24.8 Å². The second kappa shape index (κ2) is 10.3. The molecule has 1 aromatic carbocycles. The van der Waals surface area contributed by atoms with Crippen LogP contribution >= 0.6 is 0 Å². The van der Waals surface area contributed by atoms with E-state index in [9.17, 15) is 4.79 Å². The Bertz CT molecular complexity index is 1190. The highest BCUT2D eigenvalue weighted by molar-refractivity contribution is 5.90. The molecule has 1 saturated carbocycles. The SMILES string of the molecule is Cn1ccnc1C(=O)N1CCC(c2nnnn2Cc2ccccc2)(N2CCCN(C3CCC3)CC2)CC1. The second-order valence-corrected chi connectivity index (χ2v) is 10.8. The monoisotopic (exact) mass is 503 g/mol. The first kappa shape index (κ1) is 24.2. The van der Waals surface area contributed by atoms with Gasteiger partial charge >= 0.3 is 0 Å². The zero-order valence-electron chi connectivity index (χ0n) is 21.7. The molecule has 2 aliphatic heterocycles. The molecule has 3 aliphatic rings. The van der Waals surface area contributed by atoms with Crippen molar-refractivity contribution in [3.63, 3.8) is 0 Å². The molecule has 1 aliphatic carbocycles. The highest BCUT2D eigenvalue weighted by Crippen LogP contribution is 2.39. The number of likely N-dealkylation sites (tertiary alicyclic amines) is 1. The van der Waals surface area contributed by atoms with Gasteiger partial charge in [0.2, 0.25) is 0 Å². The molecule has 2 saturated heterocycles. The Morgan fingerprint density at radius 3 is 2.51 bits per heavy atom. The topological polar surface area (TPSA) is 88.2 Å². The summed E-state index contributed by atoms with van der Waals surface area (Å²) in [7, 11) is 1.87. The first-order valence-corrected chi connectivity index (χ1v) is 13.7. The van der Waals surface area contributed by atoms with Crippen LogP contribution in [-0.4, -0.2) is 95.7 Å². The van der Waals surface area contributed by atoms with Crippen LogP contribution in [0.1, 0.15) is 60.5 Å². The summed E-state index contributed by atoms with van der Waals surface area (Å²) in [5, 5.41) is 13.3. The fourth-order valence-electron chi connectivity index (χ4n) is 6.36. The van der Waals surface area contributed by atoms with Crippen molar-refractivity contribution in [1.29, 1.82) is 0 Å². The summed E-state index contributed by atoms with van der Waals surface area (Å²) in [5.74, 6) is 1.42. The lowest BCUT2D eigenvalue weighted by molar-refractivity contribution is 0.00863. The number of piperidine rings is 1. The van der Waals surface area contributed by atoms with E-state index in [4.69, 9.17) is 0 Å². The average Bonchev–Trinajstić information content (AvgIpc) is 3.46. The minimum atomic E-state index is -0.299. The standard InChI is InChI=1S/C27H37N9O/c1-32-18-13-28-24(32)25(37)34-16-11-27(12-17-34,35-15-6-14-33(19-20-35)23-9-5-10-23)26-29-30-31-36(26)21-22-7-3-2-4-8-22/h2-4,7-8,13,18,23H,5-6,9-12,14-17,19-21H2,1H3. The van der Waals surface area contributed by atoms with Gasteiger partial charge in [0, 0.05) is 58.2 Å².